The lowest BCUT2D eigenvalue weighted by Crippen LogP contribution is -2.50. The van der Waals surface area contributed by atoms with Crippen molar-refractivity contribution in [2.24, 2.45) is 0 Å². The van der Waals surface area contributed by atoms with E-state index in [0.717, 1.165) is 11.3 Å². The van der Waals surface area contributed by atoms with Gasteiger partial charge in [0.1, 0.15) is 18.0 Å². The number of halogens is 1. The second kappa shape index (κ2) is 11.4. The fourth-order valence-electron chi connectivity index (χ4n) is 3.96. The Labute approximate surface area is 217 Å². The van der Waals surface area contributed by atoms with Gasteiger partial charge in [0.25, 0.3) is 5.91 Å². The van der Waals surface area contributed by atoms with Crippen LogP contribution in [-0.2, 0) is 16.2 Å². The van der Waals surface area contributed by atoms with Gasteiger partial charge in [-0.2, -0.15) is 5.06 Å². The molecular weight excluding hydrogens is 473 g/mol. The van der Waals surface area contributed by atoms with Crippen molar-refractivity contribution in [3.8, 4) is 0 Å². The quantitative estimate of drug-likeness (QED) is 0.405. The third kappa shape index (κ3) is 7.07. The summed E-state index contributed by atoms with van der Waals surface area (Å²) in [5.74, 6) is -0.643. The molecule has 0 radical (unpaired) electrons. The number of anilines is 2. The third-order valence-corrected chi connectivity index (χ3v) is 5.84. The van der Waals surface area contributed by atoms with Gasteiger partial charge >= 0.3 is 6.09 Å². The molecule has 1 aliphatic rings. The number of carbonyl (C=O) groups excluding carboxylic acids is 2. The Hall–Kier alpha value is -3.91. The Kier molecular flexibility index (Phi) is 8.08. The smallest absolute Gasteiger partial charge is 0.410 e. The summed E-state index contributed by atoms with van der Waals surface area (Å²) in [5.41, 5.74) is 2.17. The number of amides is 2. The second-order valence-corrected chi connectivity index (χ2v) is 9.84. The van der Waals surface area contributed by atoms with E-state index in [4.69, 9.17) is 9.57 Å². The lowest BCUT2D eigenvalue weighted by Gasteiger charge is -2.37. The van der Waals surface area contributed by atoms with Gasteiger partial charge < -0.3 is 14.5 Å². The van der Waals surface area contributed by atoms with Crippen LogP contribution in [0.4, 0.5) is 20.6 Å². The maximum atomic E-state index is 13.4. The molecule has 8 heteroatoms. The summed E-state index contributed by atoms with van der Waals surface area (Å²) >= 11 is 0. The first-order valence-electron chi connectivity index (χ1n) is 12.3. The molecule has 0 saturated carbocycles. The van der Waals surface area contributed by atoms with E-state index in [2.05, 4.69) is 4.90 Å². The molecule has 1 saturated heterocycles. The normalized spacial score (nSPS) is 13.8. The number of hydrogen-bond acceptors (Lipinski definition) is 5. The summed E-state index contributed by atoms with van der Waals surface area (Å²) in [7, 11) is 0. The number of hydroxylamine groups is 1. The highest BCUT2D eigenvalue weighted by molar-refractivity contribution is 6.04. The Balaban J connectivity index is 1.50. The van der Waals surface area contributed by atoms with Gasteiger partial charge in [-0.05, 0) is 68.8 Å². The minimum Gasteiger partial charge on any atom is -0.444 e. The molecule has 0 aliphatic carbocycles. The first kappa shape index (κ1) is 26.2. The Morgan fingerprint density at radius 2 is 1.57 bits per heavy atom. The maximum Gasteiger partial charge on any atom is 0.410 e. The van der Waals surface area contributed by atoms with E-state index in [-0.39, 0.29) is 24.4 Å². The number of ether oxygens (including phenoxy) is 1. The minimum atomic E-state index is -0.536. The van der Waals surface area contributed by atoms with E-state index in [1.807, 2.05) is 51.1 Å². The SMILES string of the molecule is CC(C)(C)OC(=O)N1CCN(c2cccc(N(OCc3ccc(F)cc3)C(=O)c3ccccc3)c2)CC1. The van der Waals surface area contributed by atoms with E-state index < -0.39 is 5.60 Å². The molecule has 1 aliphatic heterocycles. The zero-order chi connectivity index (χ0) is 26.4. The molecule has 0 aromatic heterocycles. The minimum absolute atomic E-state index is 0.0949. The van der Waals surface area contributed by atoms with E-state index >= 15 is 0 Å². The molecular formula is C29H32FN3O4. The Bertz CT molecular complexity index is 1200. The predicted molar refractivity (Wildman–Crippen MR) is 141 cm³/mol. The van der Waals surface area contributed by atoms with E-state index in [0.29, 0.717) is 37.4 Å². The van der Waals surface area contributed by atoms with Crippen LogP contribution in [0.3, 0.4) is 0 Å². The van der Waals surface area contributed by atoms with Crippen LogP contribution in [0.2, 0.25) is 0 Å². The molecule has 37 heavy (non-hydrogen) atoms. The largest absolute Gasteiger partial charge is 0.444 e. The molecule has 7 nitrogen and oxygen atoms in total. The summed E-state index contributed by atoms with van der Waals surface area (Å²) in [5, 5.41) is 1.28. The number of benzene rings is 3. The Morgan fingerprint density at radius 3 is 2.22 bits per heavy atom. The van der Waals surface area contributed by atoms with Crippen molar-refractivity contribution in [2.75, 3.05) is 36.1 Å². The molecule has 0 bridgehead atoms. The van der Waals surface area contributed by atoms with Gasteiger partial charge in [0, 0.05) is 37.4 Å². The third-order valence-electron chi connectivity index (χ3n) is 5.84. The molecule has 1 fully saturated rings. The molecule has 0 atom stereocenters. The fraction of sp³-hybridized carbons (Fsp3) is 0.310. The van der Waals surface area contributed by atoms with Gasteiger partial charge in [-0.1, -0.05) is 36.4 Å². The average molecular weight is 506 g/mol. The van der Waals surface area contributed by atoms with Gasteiger partial charge in [0.15, 0.2) is 0 Å². The fourth-order valence-corrected chi connectivity index (χ4v) is 3.96. The Morgan fingerprint density at radius 1 is 0.892 bits per heavy atom. The number of nitrogens with zero attached hydrogens (tertiary/aromatic N) is 3. The standard InChI is InChI=1S/C29H32FN3O4/c1-29(2,3)37-28(35)32-18-16-31(17-19-32)25-10-7-11-26(20-25)33(27(34)23-8-5-4-6-9-23)36-21-22-12-14-24(30)15-13-22/h4-15,20H,16-19,21H2,1-3H3. The molecule has 3 aromatic carbocycles. The van der Waals surface area contributed by atoms with Gasteiger partial charge in [-0.3, -0.25) is 9.63 Å². The van der Waals surface area contributed by atoms with Crippen molar-refractivity contribution in [2.45, 2.75) is 33.0 Å². The highest BCUT2D eigenvalue weighted by atomic mass is 19.1. The number of rotatable bonds is 6. The van der Waals surface area contributed by atoms with Gasteiger partial charge in [-0.25, -0.2) is 9.18 Å². The molecule has 194 valence electrons. The topological polar surface area (TPSA) is 62.3 Å². The monoisotopic (exact) mass is 505 g/mol. The van der Waals surface area contributed by atoms with Crippen molar-refractivity contribution in [1.29, 1.82) is 0 Å². The lowest BCUT2D eigenvalue weighted by atomic mass is 10.2. The second-order valence-electron chi connectivity index (χ2n) is 9.84. The van der Waals surface area contributed by atoms with Crippen LogP contribution >= 0.6 is 0 Å². The van der Waals surface area contributed by atoms with Crippen LogP contribution in [0, 0.1) is 5.82 Å². The highest BCUT2D eigenvalue weighted by Gasteiger charge is 2.27. The summed E-state index contributed by atoms with van der Waals surface area (Å²) in [6, 6.07) is 22.4. The summed E-state index contributed by atoms with van der Waals surface area (Å²) in [6.07, 6.45) is -0.310. The molecule has 1 heterocycles. The summed E-state index contributed by atoms with van der Waals surface area (Å²) in [6.45, 7) is 7.99. The molecule has 2 amide bonds. The maximum absolute atomic E-state index is 13.4. The van der Waals surface area contributed by atoms with Crippen LogP contribution in [0.15, 0.2) is 78.9 Å². The molecule has 4 rings (SSSR count). The number of hydrogen-bond donors (Lipinski definition) is 0. The summed E-state index contributed by atoms with van der Waals surface area (Å²) in [4.78, 5) is 35.7. The van der Waals surface area contributed by atoms with Crippen LogP contribution in [-0.4, -0.2) is 48.7 Å². The van der Waals surface area contributed by atoms with Crippen molar-refractivity contribution in [3.05, 3.63) is 95.8 Å². The van der Waals surface area contributed by atoms with Crippen molar-refractivity contribution in [3.63, 3.8) is 0 Å². The van der Waals surface area contributed by atoms with Gasteiger partial charge in [-0.15, -0.1) is 0 Å². The first-order chi connectivity index (χ1) is 17.7. The summed E-state index contributed by atoms with van der Waals surface area (Å²) < 4.78 is 18.8. The van der Waals surface area contributed by atoms with Crippen molar-refractivity contribution < 1.29 is 23.6 Å². The van der Waals surface area contributed by atoms with E-state index in [9.17, 15) is 14.0 Å². The molecule has 0 spiro atoms. The lowest BCUT2D eigenvalue weighted by molar-refractivity contribution is 0.0240. The number of piperazine rings is 1. The molecule has 0 N–H and O–H groups in total. The molecule has 0 unspecified atom stereocenters. The zero-order valence-corrected chi connectivity index (χ0v) is 21.4. The molecule has 3 aromatic rings. The predicted octanol–water partition coefficient (Wildman–Crippen LogP) is 5.66. The van der Waals surface area contributed by atoms with E-state index in [1.165, 1.54) is 17.2 Å². The van der Waals surface area contributed by atoms with E-state index in [1.54, 1.807) is 41.3 Å². The van der Waals surface area contributed by atoms with Crippen LogP contribution < -0.4 is 9.96 Å². The van der Waals surface area contributed by atoms with Crippen LogP contribution in [0.25, 0.3) is 0 Å². The van der Waals surface area contributed by atoms with Crippen LogP contribution in [0.1, 0.15) is 36.7 Å². The highest BCUT2D eigenvalue weighted by Crippen LogP contribution is 2.26. The zero-order valence-electron chi connectivity index (χ0n) is 21.4. The van der Waals surface area contributed by atoms with Gasteiger partial charge in [0.2, 0.25) is 0 Å². The first-order valence-corrected chi connectivity index (χ1v) is 12.3. The number of carbonyl (C=O) groups is 2. The van der Waals surface area contributed by atoms with Crippen molar-refractivity contribution in [1.82, 2.24) is 4.90 Å². The van der Waals surface area contributed by atoms with Crippen LogP contribution in [0.5, 0.6) is 0 Å². The average Bonchev–Trinajstić information content (AvgIpc) is 2.89. The van der Waals surface area contributed by atoms with Crippen molar-refractivity contribution >= 4 is 23.4 Å². The van der Waals surface area contributed by atoms with Gasteiger partial charge in [0.05, 0.1) is 5.69 Å².